The Kier molecular flexibility index (Phi) is 3.54. The van der Waals surface area contributed by atoms with Gasteiger partial charge in [0.05, 0.1) is 10.6 Å². The Balaban J connectivity index is 2.27. The second-order valence-corrected chi connectivity index (χ2v) is 7.06. The van der Waals surface area contributed by atoms with Gasteiger partial charge in [0, 0.05) is 5.54 Å². The van der Waals surface area contributed by atoms with Crippen molar-refractivity contribution in [3.8, 4) is 9.88 Å². The molecule has 1 amide bonds. The number of thiazole rings is 1. The SMILES string of the molecule is Cc1nc(-c2cccs2)sc1C(=O)NC(C)(C)C. The molecule has 0 radical (unpaired) electrons. The van der Waals surface area contributed by atoms with Crippen molar-refractivity contribution in [3.63, 3.8) is 0 Å². The Morgan fingerprint density at radius 3 is 2.67 bits per heavy atom. The minimum atomic E-state index is -0.226. The van der Waals surface area contributed by atoms with E-state index >= 15 is 0 Å². The van der Waals surface area contributed by atoms with Crippen molar-refractivity contribution in [1.29, 1.82) is 0 Å². The number of nitrogens with one attached hydrogen (secondary N) is 1. The first kappa shape index (κ1) is 13.2. The Bertz CT molecular complexity index is 550. The van der Waals surface area contributed by atoms with Crippen LogP contribution in [0.5, 0.6) is 0 Å². The van der Waals surface area contributed by atoms with Crippen molar-refractivity contribution in [2.45, 2.75) is 33.2 Å². The summed E-state index contributed by atoms with van der Waals surface area (Å²) in [6.07, 6.45) is 0. The molecule has 3 nitrogen and oxygen atoms in total. The molecule has 5 heteroatoms. The maximum absolute atomic E-state index is 12.1. The summed E-state index contributed by atoms with van der Waals surface area (Å²) in [5.41, 5.74) is 0.571. The van der Waals surface area contributed by atoms with E-state index in [2.05, 4.69) is 10.3 Å². The van der Waals surface area contributed by atoms with Gasteiger partial charge in [-0.1, -0.05) is 6.07 Å². The second kappa shape index (κ2) is 4.82. The minimum Gasteiger partial charge on any atom is -0.347 e. The molecule has 0 saturated heterocycles. The molecule has 0 fully saturated rings. The summed E-state index contributed by atoms with van der Waals surface area (Å²) < 4.78 is 0. The smallest absolute Gasteiger partial charge is 0.263 e. The molecule has 96 valence electrons. The Morgan fingerprint density at radius 2 is 2.11 bits per heavy atom. The zero-order valence-corrected chi connectivity index (χ0v) is 12.5. The van der Waals surface area contributed by atoms with Crippen LogP contribution in [-0.2, 0) is 0 Å². The number of hydrogen-bond acceptors (Lipinski definition) is 4. The third kappa shape index (κ3) is 2.97. The van der Waals surface area contributed by atoms with Gasteiger partial charge in [-0.25, -0.2) is 4.98 Å². The molecule has 0 aliphatic carbocycles. The zero-order chi connectivity index (χ0) is 13.3. The van der Waals surface area contributed by atoms with Gasteiger partial charge in [0.25, 0.3) is 5.91 Å². The fraction of sp³-hybridized carbons (Fsp3) is 0.385. The van der Waals surface area contributed by atoms with E-state index in [1.54, 1.807) is 11.3 Å². The van der Waals surface area contributed by atoms with Crippen LogP contribution in [0.1, 0.15) is 36.1 Å². The molecule has 0 saturated carbocycles. The largest absolute Gasteiger partial charge is 0.347 e. The summed E-state index contributed by atoms with van der Waals surface area (Å²) in [7, 11) is 0. The number of amides is 1. The van der Waals surface area contributed by atoms with Crippen LogP contribution >= 0.6 is 22.7 Å². The highest BCUT2D eigenvalue weighted by atomic mass is 32.1. The van der Waals surface area contributed by atoms with E-state index in [0.29, 0.717) is 4.88 Å². The molecule has 2 rings (SSSR count). The van der Waals surface area contributed by atoms with E-state index in [1.165, 1.54) is 11.3 Å². The number of carbonyl (C=O) groups excluding carboxylic acids is 1. The van der Waals surface area contributed by atoms with Crippen LogP contribution in [0.15, 0.2) is 17.5 Å². The number of carbonyl (C=O) groups is 1. The van der Waals surface area contributed by atoms with Crippen LogP contribution in [0.2, 0.25) is 0 Å². The van der Waals surface area contributed by atoms with E-state index in [-0.39, 0.29) is 11.4 Å². The summed E-state index contributed by atoms with van der Waals surface area (Å²) in [6, 6.07) is 4.01. The first-order chi connectivity index (χ1) is 8.37. The lowest BCUT2D eigenvalue weighted by Crippen LogP contribution is -2.40. The monoisotopic (exact) mass is 280 g/mol. The summed E-state index contributed by atoms with van der Waals surface area (Å²) in [6.45, 7) is 7.80. The number of rotatable bonds is 2. The van der Waals surface area contributed by atoms with Gasteiger partial charge in [0.1, 0.15) is 9.88 Å². The average Bonchev–Trinajstić information content (AvgIpc) is 2.82. The van der Waals surface area contributed by atoms with Gasteiger partial charge in [-0.15, -0.1) is 22.7 Å². The van der Waals surface area contributed by atoms with Gasteiger partial charge in [0.2, 0.25) is 0 Å². The third-order valence-electron chi connectivity index (χ3n) is 2.22. The van der Waals surface area contributed by atoms with Crippen LogP contribution in [-0.4, -0.2) is 16.4 Å². The molecule has 2 aromatic heterocycles. The van der Waals surface area contributed by atoms with Crippen molar-refractivity contribution >= 4 is 28.6 Å². The standard InChI is InChI=1S/C13H16N2OS2/c1-8-10(11(16)15-13(2,3)4)18-12(14-8)9-6-5-7-17-9/h5-7H,1-4H3,(H,15,16). The van der Waals surface area contributed by atoms with Gasteiger partial charge >= 0.3 is 0 Å². The lowest BCUT2D eigenvalue weighted by atomic mass is 10.1. The maximum atomic E-state index is 12.1. The molecule has 0 aromatic carbocycles. The maximum Gasteiger partial charge on any atom is 0.263 e. The fourth-order valence-corrected chi connectivity index (χ4v) is 3.27. The van der Waals surface area contributed by atoms with Crippen LogP contribution in [0, 0.1) is 6.92 Å². The van der Waals surface area contributed by atoms with Crippen LogP contribution in [0.3, 0.4) is 0 Å². The molecular formula is C13H16N2OS2. The lowest BCUT2D eigenvalue weighted by molar-refractivity contribution is 0.0923. The van der Waals surface area contributed by atoms with Crippen molar-refractivity contribution in [1.82, 2.24) is 10.3 Å². The predicted octanol–water partition coefficient (Wildman–Crippen LogP) is 3.71. The van der Waals surface area contributed by atoms with Crippen molar-refractivity contribution in [2.75, 3.05) is 0 Å². The van der Waals surface area contributed by atoms with Crippen molar-refractivity contribution in [2.24, 2.45) is 0 Å². The summed E-state index contributed by atoms with van der Waals surface area (Å²) in [4.78, 5) is 18.4. The average molecular weight is 280 g/mol. The molecule has 0 aliphatic heterocycles. The van der Waals surface area contributed by atoms with Gasteiger partial charge in [0.15, 0.2) is 0 Å². The summed E-state index contributed by atoms with van der Waals surface area (Å²) in [5, 5.41) is 5.90. The second-order valence-electron chi connectivity index (χ2n) is 5.11. The van der Waals surface area contributed by atoms with Crippen LogP contribution in [0.4, 0.5) is 0 Å². The highest BCUT2D eigenvalue weighted by molar-refractivity contribution is 7.22. The highest BCUT2D eigenvalue weighted by Crippen LogP contribution is 2.31. The molecule has 0 bridgehead atoms. The molecule has 18 heavy (non-hydrogen) atoms. The Labute approximate surface area is 115 Å². The van der Waals surface area contributed by atoms with Gasteiger partial charge in [-0.05, 0) is 39.1 Å². The number of aromatic nitrogens is 1. The molecule has 2 heterocycles. The normalized spacial score (nSPS) is 11.6. The van der Waals surface area contributed by atoms with E-state index in [4.69, 9.17) is 0 Å². The number of thiophene rings is 1. The predicted molar refractivity (Wildman–Crippen MR) is 77.4 cm³/mol. The van der Waals surface area contributed by atoms with E-state index in [1.807, 2.05) is 45.2 Å². The van der Waals surface area contributed by atoms with Crippen LogP contribution < -0.4 is 5.32 Å². The van der Waals surface area contributed by atoms with E-state index in [0.717, 1.165) is 15.6 Å². The first-order valence-corrected chi connectivity index (χ1v) is 7.40. The number of aryl methyl sites for hydroxylation is 1. The number of nitrogens with zero attached hydrogens (tertiary/aromatic N) is 1. The minimum absolute atomic E-state index is 0.0414. The van der Waals surface area contributed by atoms with Crippen molar-refractivity contribution < 1.29 is 4.79 Å². The molecule has 1 N–H and O–H groups in total. The zero-order valence-electron chi connectivity index (χ0n) is 10.9. The van der Waals surface area contributed by atoms with E-state index in [9.17, 15) is 4.79 Å². The van der Waals surface area contributed by atoms with Gasteiger partial charge in [-0.2, -0.15) is 0 Å². The fourth-order valence-electron chi connectivity index (χ4n) is 1.51. The molecule has 0 spiro atoms. The molecule has 0 atom stereocenters. The molecular weight excluding hydrogens is 264 g/mol. The quantitative estimate of drug-likeness (QED) is 0.911. The van der Waals surface area contributed by atoms with Gasteiger partial charge < -0.3 is 5.32 Å². The Hall–Kier alpha value is -1.20. The molecule has 0 aliphatic rings. The first-order valence-electron chi connectivity index (χ1n) is 5.70. The molecule has 2 aromatic rings. The highest BCUT2D eigenvalue weighted by Gasteiger charge is 2.20. The molecule has 0 unspecified atom stereocenters. The van der Waals surface area contributed by atoms with Crippen LogP contribution in [0.25, 0.3) is 9.88 Å². The number of hydrogen-bond donors (Lipinski definition) is 1. The summed E-state index contributed by atoms with van der Waals surface area (Å²) in [5.74, 6) is -0.0414. The summed E-state index contributed by atoms with van der Waals surface area (Å²) >= 11 is 3.09. The lowest BCUT2D eigenvalue weighted by Gasteiger charge is -2.19. The van der Waals surface area contributed by atoms with E-state index < -0.39 is 0 Å². The van der Waals surface area contributed by atoms with Crippen molar-refractivity contribution in [3.05, 3.63) is 28.1 Å². The third-order valence-corrected chi connectivity index (χ3v) is 4.42. The van der Waals surface area contributed by atoms with Gasteiger partial charge in [-0.3, -0.25) is 4.79 Å². The topological polar surface area (TPSA) is 42.0 Å². The Morgan fingerprint density at radius 1 is 1.39 bits per heavy atom.